The molecule has 45 heavy (non-hydrogen) atoms. The number of aromatic nitrogens is 2. The number of rotatable bonds is 11. The standard InChI is InChI=1S/C32H39N5O6S2/c1-7-19-14-32(19,30(39)37-45(40,41)31(5)10-11-31)36-28(38)22-12-20(15-33-22)43-26-13-23(29-35-24(16-44-29)17(2)3)34-27-18(4)25(42-6)9-8-21(26)27/h7-9,13,16-17,19-20,22,33H,1,10-12,14-15H2,2-6H3,(H,36,38)(H,37,39)/t19-,20?,22+,32-/m1/s1. The molecule has 2 amide bonds. The average Bonchev–Trinajstić information content (AvgIpc) is 3.76. The first-order valence-corrected chi connectivity index (χ1v) is 17.5. The number of aryl methyl sites for hydroxylation is 1. The maximum atomic E-state index is 13.4. The maximum Gasteiger partial charge on any atom is 0.259 e. The predicted octanol–water partition coefficient (Wildman–Crippen LogP) is 3.97. The lowest BCUT2D eigenvalue weighted by molar-refractivity contribution is -0.130. The fraction of sp³-hybridized carbons (Fsp3) is 0.500. The van der Waals surface area contributed by atoms with Crippen molar-refractivity contribution in [3.63, 3.8) is 0 Å². The summed E-state index contributed by atoms with van der Waals surface area (Å²) in [6.07, 6.45) is 2.86. The Hall–Kier alpha value is -3.55. The van der Waals surface area contributed by atoms with Gasteiger partial charge >= 0.3 is 0 Å². The van der Waals surface area contributed by atoms with E-state index in [1.165, 1.54) is 11.3 Å². The summed E-state index contributed by atoms with van der Waals surface area (Å²) in [6.45, 7) is 11.9. The first-order valence-electron chi connectivity index (χ1n) is 15.2. The molecule has 3 N–H and O–H groups in total. The monoisotopic (exact) mass is 653 g/mol. The van der Waals surface area contributed by atoms with Crippen LogP contribution in [0.2, 0.25) is 0 Å². The summed E-state index contributed by atoms with van der Waals surface area (Å²) in [4.78, 5) is 36.4. The number of carbonyl (C=O) groups is 2. The van der Waals surface area contributed by atoms with Crippen LogP contribution in [0.15, 0.2) is 36.2 Å². The van der Waals surface area contributed by atoms with Crippen LogP contribution in [0, 0.1) is 12.8 Å². The minimum absolute atomic E-state index is 0.286. The molecule has 3 aliphatic rings. The number of benzene rings is 1. The van der Waals surface area contributed by atoms with Crippen LogP contribution in [0.4, 0.5) is 0 Å². The quantitative estimate of drug-likeness (QED) is 0.262. The first-order chi connectivity index (χ1) is 21.3. The lowest BCUT2D eigenvalue weighted by Gasteiger charge is -2.22. The third-order valence-corrected chi connectivity index (χ3v) is 12.3. The highest BCUT2D eigenvalue weighted by Crippen LogP contribution is 2.47. The van der Waals surface area contributed by atoms with Gasteiger partial charge in [-0.2, -0.15) is 0 Å². The molecule has 3 heterocycles. The number of hydrogen-bond acceptors (Lipinski definition) is 10. The van der Waals surface area contributed by atoms with Crippen LogP contribution in [-0.4, -0.2) is 66.3 Å². The molecular weight excluding hydrogens is 615 g/mol. The predicted molar refractivity (Wildman–Crippen MR) is 173 cm³/mol. The first kappa shape index (κ1) is 31.4. The van der Waals surface area contributed by atoms with E-state index in [9.17, 15) is 18.0 Å². The van der Waals surface area contributed by atoms with Crippen LogP contribution in [0.3, 0.4) is 0 Å². The lowest BCUT2D eigenvalue weighted by atomic mass is 10.1. The van der Waals surface area contributed by atoms with Crippen molar-refractivity contribution in [1.29, 1.82) is 0 Å². The molecule has 3 fully saturated rings. The van der Waals surface area contributed by atoms with Crippen LogP contribution in [0.5, 0.6) is 11.5 Å². The van der Waals surface area contributed by atoms with E-state index >= 15 is 0 Å². The Kier molecular flexibility index (Phi) is 7.93. The van der Waals surface area contributed by atoms with Gasteiger partial charge in [0, 0.05) is 41.3 Å². The largest absolute Gasteiger partial charge is 0.496 e. The number of thiazole rings is 1. The summed E-state index contributed by atoms with van der Waals surface area (Å²) in [5, 5.41) is 9.71. The molecule has 1 aromatic carbocycles. The number of fused-ring (bicyclic) bond motifs is 1. The Morgan fingerprint density at radius 3 is 2.60 bits per heavy atom. The van der Waals surface area contributed by atoms with Crippen LogP contribution >= 0.6 is 11.3 Å². The Labute approximate surface area is 267 Å². The van der Waals surface area contributed by atoms with Crippen LogP contribution < -0.4 is 24.8 Å². The zero-order valence-corrected chi connectivity index (χ0v) is 27.7. The molecule has 1 saturated heterocycles. The molecule has 1 aliphatic heterocycles. The third kappa shape index (κ3) is 5.70. The Morgan fingerprint density at radius 2 is 1.98 bits per heavy atom. The molecule has 2 aromatic heterocycles. The minimum atomic E-state index is -3.85. The topological polar surface area (TPSA) is 149 Å². The highest BCUT2D eigenvalue weighted by molar-refractivity contribution is 7.91. The van der Waals surface area contributed by atoms with E-state index in [1.807, 2.05) is 30.5 Å². The van der Waals surface area contributed by atoms with Gasteiger partial charge in [-0.3, -0.25) is 14.3 Å². The average molecular weight is 654 g/mol. The number of nitrogens with one attached hydrogen (secondary N) is 3. The van der Waals surface area contributed by atoms with Crippen LogP contribution in [-0.2, 0) is 19.6 Å². The van der Waals surface area contributed by atoms with Gasteiger partial charge in [-0.05, 0) is 51.2 Å². The second-order valence-electron chi connectivity index (χ2n) is 12.9. The van der Waals surface area contributed by atoms with Crippen molar-refractivity contribution in [3.8, 4) is 22.2 Å². The van der Waals surface area contributed by atoms with Gasteiger partial charge in [0.05, 0.1) is 29.1 Å². The molecule has 2 saturated carbocycles. The van der Waals surface area contributed by atoms with E-state index in [-0.39, 0.29) is 30.3 Å². The van der Waals surface area contributed by atoms with Gasteiger partial charge < -0.3 is 20.1 Å². The summed E-state index contributed by atoms with van der Waals surface area (Å²) >= 11 is 1.53. The van der Waals surface area contributed by atoms with Crippen molar-refractivity contribution in [2.24, 2.45) is 5.92 Å². The Bertz CT molecular complexity index is 1800. The summed E-state index contributed by atoms with van der Waals surface area (Å²) in [5.41, 5.74) is 1.98. The second kappa shape index (κ2) is 11.4. The molecule has 240 valence electrons. The van der Waals surface area contributed by atoms with E-state index in [1.54, 1.807) is 20.1 Å². The third-order valence-electron chi connectivity index (χ3n) is 9.28. The van der Waals surface area contributed by atoms with Crippen LogP contribution in [0.25, 0.3) is 21.6 Å². The zero-order chi connectivity index (χ0) is 32.3. The van der Waals surface area contributed by atoms with E-state index in [2.05, 4.69) is 35.8 Å². The molecule has 0 radical (unpaired) electrons. The van der Waals surface area contributed by atoms with Crippen LogP contribution in [0.1, 0.15) is 63.6 Å². The number of sulfonamides is 1. The van der Waals surface area contributed by atoms with Crippen molar-refractivity contribution in [2.75, 3.05) is 13.7 Å². The van der Waals surface area contributed by atoms with Crippen molar-refractivity contribution in [2.45, 2.75) is 81.7 Å². The van der Waals surface area contributed by atoms with E-state index in [0.717, 1.165) is 27.2 Å². The second-order valence-corrected chi connectivity index (χ2v) is 15.9. The molecule has 4 atom stereocenters. The maximum absolute atomic E-state index is 13.4. The SMILES string of the molecule is C=C[C@@H]1C[C@]1(NC(=O)[C@@H]1CC(Oc2cc(-c3nc(C(C)C)cs3)nc3c(C)c(OC)ccc23)CN1)C(=O)NS(=O)(=O)C1(C)CC1. The number of hydrogen-bond donors (Lipinski definition) is 3. The van der Waals surface area contributed by atoms with Crippen molar-refractivity contribution in [3.05, 3.63) is 47.5 Å². The number of nitrogens with zero attached hydrogens (tertiary/aromatic N) is 2. The van der Waals surface area contributed by atoms with Gasteiger partial charge in [-0.25, -0.2) is 18.4 Å². The molecule has 13 heteroatoms. The van der Waals surface area contributed by atoms with Crippen molar-refractivity contribution >= 4 is 44.1 Å². The highest BCUT2D eigenvalue weighted by atomic mass is 32.2. The van der Waals surface area contributed by atoms with Gasteiger partial charge in [-0.1, -0.05) is 19.9 Å². The molecule has 0 spiro atoms. The smallest absolute Gasteiger partial charge is 0.259 e. The minimum Gasteiger partial charge on any atom is -0.496 e. The molecule has 1 unspecified atom stereocenters. The number of carbonyl (C=O) groups excluding carboxylic acids is 2. The summed E-state index contributed by atoms with van der Waals surface area (Å²) in [7, 11) is -2.22. The van der Waals surface area contributed by atoms with E-state index in [0.29, 0.717) is 43.0 Å². The highest BCUT2D eigenvalue weighted by Gasteiger charge is 2.62. The zero-order valence-electron chi connectivity index (χ0n) is 26.1. The molecular formula is C32H39N5O6S2. The number of pyridine rings is 1. The van der Waals surface area contributed by atoms with E-state index < -0.39 is 32.3 Å². The fourth-order valence-electron chi connectivity index (χ4n) is 5.77. The lowest BCUT2D eigenvalue weighted by Crippen LogP contribution is -2.56. The van der Waals surface area contributed by atoms with Crippen molar-refractivity contribution in [1.82, 2.24) is 25.3 Å². The molecule has 0 bridgehead atoms. The summed E-state index contributed by atoms with van der Waals surface area (Å²) in [6, 6.07) is 5.06. The van der Waals surface area contributed by atoms with Gasteiger partial charge in [0.2, 0.25) is 15.9 Å². The molecule has 6 rings (SSSR count). The van der Waals surface area contributed by atoms with Crippen molar-refractivity contribution < 1.29 is 27.5 Å². The van der Waals surface area contributed by atoms with Gasteiger partial charge in [-0.15, -0.1) is 17.9 Å². The normalized spacial score (nSPS) is 25.2. The molecule has 2 aliphatic carbocycles. The summed E-state index contributed by atoms with van der Waals surface area (Å²) < 4.78 is 38.8. The fourth-order valence-corrected chi connectivity index (χ4v) is 8.02. The molecule has 3 aromatic rings. The van der Waals surface area contributed by atoms with Gasteiger partial charge in [0.25, 0.3) is 5.91 Å². The summed E-state index contributed by atoms with van der Waals surface area (Å²) in [5.74, 6) is 0.160. The Morgan fingerprint density at radius 1 is 1.22 bits per heavy atom. The number of methoxy groups -OCH3 is 1. The number of amides is 2. The van der Waals surface area contributed by atoms with E-state index in [4.69, 9.17) is 19.4 Å². The molecule has 11 nitrogen and oxygen atoms in total. The number of ether oxygens (including phenoxy) is 2. The van der Waals surface area contributed by atoms with Gasteiger partial charge in [0.15, 0.2) is 0 Å². The Balaban J connectivity index is 1.20. The van der Waals surface area contributed by atoms with Gasteiger partial charge in [0.1, 0.15) is 33.8 Å².